The fourth-order valence-electron chi connectivity index (χ4n) is 2.13. The van der Waals surface area contributed by atoms with Crippen molar-refractivity contribution < 1.29 is 4.39 Å². The lowest BCUT2D eigenvalue weighted by Gasteiger charge is -2.10. The summed E-state index contributed by atoms with van der Waals surface area (Å²) in [5.74, 6) is 0.708. The smallest absolute Gasteiger partial charge is 0.136 e. The van der Waals surface area contributed by atoms with Crippen LogP contribution in [0, 0.1) is 12.7 Å². The summed E-state index contributed by atoms with van der Waals surface area (Å²) in [7, 11) is 0. The van der Waals surface area contributed by atoms with Gasteiger partial charge in [0.1, 0.15) is 22.5 Å². The van der Waals surface area contributed by atoms with Gasteiger partial charge in [0, 0.05) is 17.5 Å². The molecule has 3 rings (SSSR count). The first-order valence-corrected chi connectivity index (χ1v) is 8.31. The molecule has 0 spiro atoms. The zero-order valence-corrected chi connectivity index (χ0v) is 14.3. The summed E-state index contributed by atoms with van der Waals surface area (Å²) < 4.78 is 16.7. The largest absolute Gasteiger partial charge is 0.384 e. The Hall–Kier alpha value is -2.31. The molecular weight excluding hydrogens is 347 g/mol. The molecule has 122 valence electrons. The minimum atomic E-state index is -0.329. The second-order valence-corrected chi connectivity index (χ2v) is 6.32. The molecule has 0 aliphatic rings. The van der Waals surface area contributed by atoms with Crippen molar-refractivity contribution in [2.75, 3.05) is 10.5 Å². The summed E-state index contributed by atoms with van der Waals surface area (Å²) in [6.45, 7) is 1.89. The number of rotatable bonds is 4. The van der Waals surface area contributed by atoms with Gasteiger partial charge in [-0.15, -0.1) is 0 Å². The van der Waals surface area contributed by atoms with Crippen LogP contribution in [-0.4, -0.2) is 9.97 Å². The van der Waals surface area contributed by atoms with Crippen molar-refractivity contribution >= 4 is 35.2 Å². The van der Waals surface area contributed by atoms with E-state index in [0.29, 0.717) is 27.9 Å². The van der Waals surface area contributed by atoms with Crippen LogP contribution < -0.4 is 10.5 Å². The van der Waals surface area contributed by atoms with Crippen LogP contribution in [0.5, 0.6) is 0 Å². The van der Waals surface area contributed by atoms with E-state index < -0.39 is 0 Å². The predicted octanol–water partition coefficient (Wildman–Crippen LogP) is 4.95. The predicted molar refractivity (Wildman–Crippen MR) is 97.5 cm³/mol. The second-order valence-electron chi connectivity index (χ2n) is 5.09. The minimum absolute atomic E-state index is 0.329. The topological polar surface area (TPSA) is 63.8 Å². The van der Waals surface area contributed by atoms with Gasteiger partial charge in [0.05, 0.1) is 10.7 Å². The number of nitrogens with zero attached hydrogens (tertiary/aromatic N) is 2. The van der Waals surface area contributed by atoms with E-state index in [9.17, 15) is 4.39 Å². The van der Waals surface area contributed by atoms with E-state index in [1.165, 1.54) is 24.1 Å². The van der Waals surface area contributed by atoms with Crippen molar-refractivity contribution in [1.82, 2.24) is 9.97 Å². The molecule has 2 aromatic heterocycles. The average Bonchev–Trinajstić information content (AvgIpc) is 2.56. The van der Waals surface area contributed by atoms with E-state index in [-0.39, 0.29) is 5.82 Å². The maximum absolute atomic E-state index is 13.6. The number of hydrogen-bond donors (Lipinski definition) is 2. The molecule has 3 aromatic rings. The van der Waals surface area contributed by atoms with Gasteiger partial charge in [0.25, 0.3) is 0 Å². The summed E-state index contributed by atoms with van der Waals surface area (Å²) in [6, 6.07) is 13.4. The van der Waals surface area contributed by atoms with Gasteiger partial charge in [-0.25, -0.2) is 14.4 Å². The molecule has 0 saturated carbocycles. The van der Waals surface area contributed by atoms with Crippen LogP contribution in [0.1, 0.15) is 5.56 Å². The lowest BCUT2D eigenvalue weighted by Crippen LogP contribution is -1.97. The average molecular weight is 361 g/mol. The molecule has 4 nitrogen and oxygen atoms in total. The highest BCUT2D eigenvalue weighted by Gasteiger charge is 2.11. The molecule has 7 heteroatoms. The molecule has 0 amide bonds. The first-order chi connectivity index (χ1) is 11.5. The standard InChI is InChI=1S/C17H14ClFN4S/c1-10-5-6-11(19)9-12(10)17-13(18)7-8-15(22-17)23-24-16-4-2-3-14(20)21-16/h2-9H,1H3,(H2,20,21)(H,22,23). The summed E-state index contributed by atoms with van der Waals surface area (Å²) in [6.07, 6.45) is 0. The highest BCUT2D eigenvalue weighted by Crippen LogP contribution is 2.31. The van der Waals surface area contributed by atoms with Gasteiger partial charge in [-0.05, 0) is 48.9 Å². The van der Waals surface area contributed by atoms with Crippen molar-refractivity contribution in [2.45, 2.75) is 11.9 Å². The van der Waals surface area contributed by atoms with Crippen molar-refractivity contribution in [3.8, 4) is 11.3 Å². The summed E-state index contributed by atoms with van der Waals surface area (Å²) in [4.78, 5) is 8.68. The minimum Gasteiger partial charge on any atom is -0.384 e. The van der Waals surface area contributed by atoms with Crippen LogP contribution in [0.25, 0.3) is 11.3 Å². The number of aryl methyl sites for hydroxylation is 1. The van der Waals surface area contributed by atoms with Crippen molar-refractivity contribution in [2.24, 2.45) is 0 Å². The number of aromatic nitrogens is 2. The zero-order valence-electron chi connectivity index (χ0n) is 12.8. The molecule has 0 atom stereocenters. The van der Waals surface area contributed by atoms with Crippen LogP contribution in [-0.2, 0) is 0 Å². The number of nitrogens with one attached hydrogen (secondary N) is 1. The highest BCUT2D eigenvalue weighted by atomic mass is 35.5. The van der Waals surface area contributed by atoms with Gasteiger partial charge in [-0.2, -0.15) is 0 Å². The molecule has 3 N–H and O–H groups in total. The van der Waals surface area contributed by atoms with E-state index in [4.69, 9.17) is 17.3 Å². The molecule has 0 bridgehead atoms. The maximum atomic E-state index is 13.6. The second kappa shape index (κ2) is 7.07. The highest BCUT2D eigenvalue weighted by molar-refractivity contribution is 8.00. The van der Waals surface area contributed by atoms with Crippen molar-refractivity contribution in [3.05, 3.63) is 64.9 Å². The molecule has 0 aliphatic carbocycles. The van der Waals surface area contributed by atoms with E-state index in [1.54, 1.807) is 24.3 Å². The molecule has 1 aromatic carbocycles. The quantitative estimate of drug-likeness (QED) is 0.645. The normalized spacial score (nSPS) is 10.6. The number of halogens is 2. The Morgan fingerprint density at radius 1 is 1.12 bits per heavy atom. The molecule has 0 radical (unpaired) electrons. The molecular formula is C17H14ClFN4S. The van der Waals surface area contributed by atoms with Crippen molar-refractivity contribution in [3.63, 3.8) is 0 Å². The summed E-state index contributed by atoms with van der Waals surface area (Å²) in [5, 5.41) is 1.18. The Bertz CT molecular complexity index is 888. The van der Waals surface area contributed by atoms with Crippen LogP contribution in [0.2, 0.25) is 5.02 Å². The van der Waals surface area contributed by atoms with E-state index in [0.717, 1.165) is 10.6 Å². The van der Waals surface area contributed by atoms with Gasteiger partial charge in [0.2, 0.25) is 0 Å². The molecule has 0 unspecified atom stereocenters. The Balaban J connectivity index is 1.87. The third-order valence-corrected chi connectivity index (χ3v) is 4.36. The molecule has 24 heavy (non-hydrogen) atoms. The number of pyridine rings is 2. The van der Waals surface area contributed by atoms with Crippen LogP contribution in [0.3, 0.4) is 0 Å². The SMILES string of the molecule is Cc1ccc(F)cc1-c1nc(NSc2cccc(N)n2)ccc1Cl. The van der Waals surface area contributed by atoms with Gasteiger partial charge >= 0.3 is 0 Å². The van der Waals surface area contributed by atoms with Crippen LogP contribution in [0.4, 0.5) is 16.0 Å². The lowest BCUT2D eigenvalue weighted by atomic mass is 10.0. The lowest BCUT2D eigenvalue weighted by molar-refractivity contribution is 0.628. The van der Waals surface area contributed by atoms with Gasteiger partial charge in [-0.3, -0.25) is 0 Å². The number of nitrogens with two attached hydrogens (primary N) is 1. The summed E-state index contributed by atoms with van der Waals surface area (Å²) >= 11 is 7.53. The fraction of sp³-hybridized carbons (Fsp3) is 0.0588. The monoisotopic (exact) mass is 360 g/mol. The van der Waals surface area contributed by atoms with E-state index >= 15 is 0 Å². The van der Waals surface area contributed by atoms with Crippen LogP contribution >= 0.6 is 23.5 Å². The number of hydrogen-bond acceptors (Lipinski definition) is 5. The summed E-state index contributed by atoms with van der Waals surface area (Å²) in [5.41, 5.74) is 7.74. The third-order valence-electron chi connectivity index (χ3n) is 3.31. The van der Waals surface area contributed by atoms with E-state index in [1.807, 2.05) is 19.1 Å². The Morgan fingerprint density at radius 3 is 2.75 bits per heavy atom. The third kappa shape index (κ3) is 3.77. The Kier molecular flexibility index (Phi) is 4.87. The maximum Gasteiger partial charge on any atom is 0.136 e. The number of benzene rings is 1. The van der Waals surface area contributed by atoms with Crippen molar-refractivity contribution in [1.29, 1.82) is 0 Å². The first-order valence-electron chi connectivity index (χ1n) is 7.11. The zero-order chi connectivity index (χ0) is 17.1. The Labute approximate surface area is 148 Å². The number of nitrogen functional groups attached to an aromatic ring is 1. The first kappa shape index (κ1) is 16.5. The molecule has 2 heterocycles. The van der Waals surface area contributed by atoms with Crippen LogP contribution in [0.15, 0.2) is 53.6 Å². The van der Waals surface area contributed by atoms with Gasteiger partial charge < -0.3 is 10.5 Å². The van der Waals surface area contributed by atoms with E-state index in [2.05, 4.69) is 14.7 Å². The molecule has 0 saturated heterocycles. The Morgan fingerprint density at radius 2 is 1.96 bits per heavy atom. The van der Waals surface area contributed by atoms with Gasteiger partial charge in [-0.1, -0.05) is 23.7 Å². The van der Waals surface area contributed by atoms with Gasteiger partial charge in [0.15, 0.2) is 0 Å². The fourth-order valence-corrected chi connectivity index (χ4v) is 2.96. The molecule has 0 aliphatic heterocycles. The number of anilines is 2. The molecule has 0 fully saturated rings.